The van der Waals surface area contributed by atoms with Gasteiger partial charge in [-0.15, -0.1) is 22.7 Å². The molecule has 2 rings (SSSR count). The molecule has 0 aliphatic heterocycles. The zero-order chi connectivity index (χ0) is 11.4. The Balaban J connectivity index is 2.14. The van der Waals surface area contributed by atoms with E-state index in [1.165, 1.54) is 33.5 Å². The van der Waals surface area contributed by atoms with Crippen LogP contribution in [-0.4, -0.2) is 6.54 Å². The summed E-state index contributed by atoms with van der Waals surface area (Å²) >= 11 is 3.80. The molecule has 0 spiro atoms. The summed E-state index contributed by atoms with van der Waals surface area (Å²) in [6.07, 6.45) is 3.85. The number of rotatable bonds is 6. The summed E-state index contributed by atoms with van der Waals surface area (Å²) < 4.78 is 2.89. The van der Waals surface area contributed by atoms with Crippen LogP contribution < -0.4 is 5.32 Å². The zero-order valence-electron chi connectivity index (χ0n) is 9.95. The molecule has 0 saturated heterocycles. The Morgan fingerprint density at radius 2 is 2.19 bits per heavy atom. The third-order valence-electron chi connectivity index (χ3n) is 2.80. The second kappa shape index (κ2) is 5.80. The number of thiophene rings is 2. The monoisotopic (exact) mass is 253 g/mol. The molecule has 0 aliphatic rings. The summed E-state index contributed by atoms with van der Waals surface area (Å²) in [6.45, 7) is 5.50. The van der Waals surface area contributed by atoms with Crippen molar-refractivity contribution >= 4 is 32.1 Å². The number of unbranched alkanes of at least 4 members (excludes halogenated alkanes) is 1. The number of hydrogen-bond acceptors (Lipinski definition) is 3. The predicted molar refractivity (Wildman–Crippen MR) is 75.6 cm³/mol. The lowest BCUT2D eigenvalue weighted by molar-refractivity contribution is 0.501. The van der Waals surface area contributed by atoms with E-state index in [0.717, 1.165) is 6.54 Å². The minimum Gasteiger partial charge on any atom is -0.310 e. The van der Waals surface area contributed by atoms with Gasteiger partial charge in [-0.05, 0) is 30.5 Å². The highest BCUT2D eigenvalue weighted by Crippen LogP contribution is 2.34. The van der Waals surface area contributed by atoms with E-state index >= 15 is 0 Å². The van der Waals surface area contributed by atoms with Crippen LogP contribution in [0.15, 0.2) is 17.5 Å². The number of hydrogen-bond donors (Lipinski definition) is 1. The van der Waals surface area contributed by atoms with Crippen LogP contribution in [-0.2, 0) is 0 Å². The SMILES string of the molecule is CCCCC(NCC)c1cc2sccc2s1. The van der Waals surface area contributed by atoms with Crippen LogP contribution in [0.3, 0.4) is 0 Å². The first kappa shape index (κ1) is 12.1. The Morgan fingerprint density at radius 3 is 2.88 bits per heavy atom. The van der Waals surface area contributed by atoms with Gasteiger partial charge in [0.25, 0.3) is 0 Å². The molecule has 0 aromatic carbocycles. The lowest BCUT2D eigenvalue weighted by atomic mass is 10.1. The maximum atomic E-state index is 3.60. The smallest absolute Gasteiger partial charge is 0.0454 e. The highest BCUT2D eigenvalue weighted by atomic mass is 32.1. The topological polar surface area (TPSA) is 12.0 Å². The molecular weight excluding hydrogens is 234 g/mol. The number of nitrogens with one attached hydrogen (secondary N) is 1. The second-order valence-corrected chi connectivity index (χ2v) is 6.11. The average molecular weight is 253 g/mol. The lowest BCUT2D eigenvalue weighted by Crippen LogP contribution is -2.19. The van der Waals surface area contributed by atoms with Crippen molar-refractivity contribution in [2.75, 3.05) is 6.54 Å². The Labute approximate surface area is 105 Å². The van der Waals surface area contributed by atoms with Crippen LogP contribution in [0.25, 0.3) is 9.40 Å². The average Bonchev–Trinajstić information content (AvgIpc) is 2.84. The summed E-state index contributed by atoms with van der Waals surface area (Å²) in [5.41, 5.74) is 0. The van der Waals surface area contributed by atoms with Gasteiger partial charge in [0.15, 0.2) is 0 Å². The Hall–Kier alpha value is -0.380. The van der Waals surface area contributed by atoms with Crippen molar-refractivity contribution in [3.8, 4) is 0 Å². The summed E-state index contributed by atoms with van der Waals surface area (Å²) in [5.74, 6) is 0. The summed E-state index contributed by atoms with van der Waals surface area (Å²) in [6, 6.07) is 5.17. The summed E-state index contributed by atoms with van der Waals surface area (Å²) in [4.78, 5) is 1.51. The van der Waals surface area contributed by atoms with E-state index in [9.17, 15) is 0 Å². The molecular formula is C13H19NS2. The van der Waals surface area contributed by atoms with Gasteiger partial charge in [0.1, 0.15) is 0 Å². The molecule has 0 saturated carbocycles. The van der Waals surface area contributed by atoms with Crippen LogP contribution in [0, 0.1) is 0 Å². The van der Waals surface area contributed by atoms with E-state index in [4.69, 9.17) is 0 Å². The maximum absolute atomic E-state index is 3.60. The molecule has 2 heterocycles. The van der Waals surface area contributed by atoms with E-state index in [1.807, 2.05) is 22.7 Å². The molecule has 0 aliphatic carbocycles. The molecule has 2 aromatic heterocycles. The minimum atomic E-state index is 0.564. The van der Waals surface area contributed by atoms with Crippen LogP contribution in [0.2, 0.25) is 0 Å². The first-order chi connectivity index (χ1) is 7.85. The standard InChI is InChI=1S/C13H19NS2/c1-3-5-6-10(14-4-2)12-9-13-11(16-12)7-8-15-13/h7-10,14H,3-6H2,1-2H3. The quantitative estimate of drug-likeness (QED) is 0.779. The van der Waals surface area contributed by atoms with Gasteiger partial charge in [-0.2, -0.15) is 0 Å². The highest BCUT2D eigenvalue weighted by Gasteiger charge is 2.13. The van der Waals surface area contributed by atoms with E-state index < -0.39 is 0 Å². The van der Waals surface area contributed by atoms with Crippen LogP contribution in [0.1, 0.15) is 44.0 Å². The van der Waals surface area contributed by atoms with Gasteiger partial charge in [0.05, 0.1) is 0 Å². The van der Waals surface area contributed by atoms with E-state index in [0.29, 0.717) is 6.04 Å². The highest BCUT2D eigenvalue weighted by molar-refractivity contribution is 7.26. The van der Waals surface area contributed by atoms with Crippen molar-refractivity contribution in [3.63, 3.8) is 0 Å². The van der Waals surface area contributed by atoms with E-state index in [2.05, 4.69) is 36.7 Å². The molecule has 0 amide bonds. The molecule has 1 N–H and O–H groups in total. The molecule has 0 radical (unpaired) electrons. The summed E-state index contributed by atoms with van der Waals surface area (Å²) in [5, 5.41) is 5.78. The Morgan fingerprint density at radius 1 is 1.31 bits per heavy atom. The maximum Gasteiger partial charge on any atom is 0.0454 e. The first-order valence-electron chi connectivity index (χ1n) is 6.05. The number of fused-ring (bicyclic) bond motifs is 1. The summed E-state index contributed by atoms with van der Waals surface area (Å²) in [7, 11) is 0. The third-order valence-corrected chi connectivity index (χ3v) is 5.01. The van der Waals surface area contributed by atoms with Crippen LogP contribution >= 0.6 is 22.7 Å². The van der Waals surface area contributed by atoms with Crippen molar-refractivity contribution < 1.29 is 0 Å². The van der Waals surface area contributed by atoms with Gasteiger partial charge >= 0.3 is 0 Å². The van der Waals surface area contributed by atoms with Crippen molar-refractivity contribution in [3.05, 3.63) is 22.4 Å². The Kier molecular flexibility index (Phi) is 4.38. The fourth-order valence-electron chi connectivity index (χ4n) is 1.96. The normalized spacial score (nSPS) is 13.4. The molecule has 16 heavy (non-hydrogen) atoms. The van der Waals surface area contributed by atoms with Gasteiger partial charge in [-0.1, -0.05) is 26.7 Å². The van der Waals surface area contributed by atoms with Gasteiger partial charge in [0.2, 0.25) is 0 Å². The van der Waals surface area contributed by atoms with Crippen molar-refractivity contribution in [1.82, 2.24) is 5.32 Å². The predicted octanol–water partition coefficient (Wildman–Crippen LogP) is 4.80. The first-order valence-corrected chi connectivity index (χ1v) is 7.75. The molecule has 3 heteroatoms. The Bertz CT molecular complexity index is 401. The third kappa shape index (κ3) is 2.65. The van der Waals surface area contributed by atoms with E-state index in [1.54, 1.807) is 0 Å². The van der Waals surface area contributed by atoms with Crippen LogP contribution in [0.5, 0.6) is 0 Å². The molecule has 0 bridgehead atoms. The van der Waals surface area contributed by atoms with Gasteiger partial charge < -0.3 is 5.32 Å². The fourth-order valence-corrected chi connectivity index (χ4v) is 4.19. The van der Waals surface area contributed by atoms with Crippen molar-refractivity contribution in [2.45, 2.75) is 39.2 Å². The minimum absolute atomic E-state index is 0.564. The van der Waals surface area contributed by atoms with Crippen molar-refractivity contribution in [2.24, 2.45) is 0 Å². The fraction of sp³-hybridized carbons (Fsp3) is 0.538. The van der Waals surface area contributed by atoms with Gasteiger partial charge in [0, 0.05) is 20.3 Å². The second-order valence-electron chi connectivity index (χ2n) is 4.05. The molecule has 1 nitrogen and oxygen atoms in total. The molecule has 2 aromatic rings. The molecule has 1 unspecified atom stereocenters. The van der Waals surface area contributed by atoms with E-state index in [-0.39, 0.29) is 0 Å². The largest absolute Gasteiger partial charge is 0.310 e. The zero-order valence-corrected chi connectivity index (χ0v) is 11.6. The molecule has 88 valence electrons. The molecule has 1 atom stereocenters. The van der Waals surface area contributed by atoms with Gasteiger partial charge in [-0.3, -0.25) is 0 Å². The van der Waals surface area contributed by atoms with Crippen LogP contribution in [0.4, 0.5) is 0 Å². The molecule has 0 fully saturated rings. The van der Waals surface area contributed by atoms with Crippen molar-refractivity contribution in [1.29, 1.82) is 0 Å². The lowest BCUT2D eigenvalue weighted by Gasteiger charge is -2.15. The van der Waals surface area contributed by atoms with Gasteiger partial charge in [-0.25, -0.2) is 0 Å².